The van der Waals surface area contributed by atoms with Gasteiger partial charge in [-0.3, -0.25) is 0 Å². The molecule has 22 heavy (non-hydrogen) atoms. The van der Waals surface area contributed by atoms with E-state index in [2.05, 4.69) is 0 Å². The van der Waals surface area contributed by atoms with Crippen LogP contribution in [0.4, 0.5) is 4.39 Å². The fraction of sp³-hybridized carbons (Fsp3) is 0.375. The smallest absolute Gasteiger partial charge is 0.207 e. The zero-order valence-electron chi connectivity index (χ0n) is 12.1. The Morgan fingerprint density at radius 3 is 2.41 bits per heavy atom. The summed E-state index contributed by atoms with van der Waals surface area (Å²) in [4.78, 5) is 0. The van der Waals surface area contributed by atoms with Crippen LogP contribution in [0.3, 0.4) is 0 Å². The van der Waals surface area contributed by atoms with Crippen molar-refractivity contribution in [1.29, 1.82) is 0 Å². The second-order valence-corrected chi connectivity index (χ2v) is 8.72. The van der Waals surface area contributed by atoms with E-state index >= 15 is 0 Å². The third kappa shape index (κ3) is 3.39. The zero-order chi connectivity index (χ0) is 15.6. The van der Waals surface area contributed by atoms with Crippen LogP contribution in [0, 0.1) is 11.7 Å². The number of piperidine rings is 1. The molecular formula is C16H18FNO2S2. The maximum absolute atomic E-state index is 12.9. The van der Waals surface area contributed by atoms with E-state index in [1.54, 1.807) is 21.8 Å². The molecule has 6 heteroatoms. The van der Waals surface area contributed by atoms with E-state index in [1.807, 2.05) is 12.1 Å². The Labute approximate surface area is 134 Å². The average molecular weight is 339 g/mol. The maximum atomic E-state index is 12.9. The van der Waals surface area contributed by atoms with E-state index in [-0.39, 0.29) is 5.82 Å². The van der Waals surface area contributed by atoms with Crippen LogP contribution in [-0.4, -0.2) is 25.8 Å². The van der Waals surface area contributed by atoms with Crippen molar-refractivity contribution in [2.24, 2.45) is 5.92 Å². The van der Waals surface area contributed by atoms with Gasteiger partial charge in [0, 0.05) is 13.1 Å². The van der Waals surface area contributed by atoms with Gasteiger partial charge < -0.3 is 0 Å². The highest BCUT2D eigenvalue weighted by Gasteiger charge is 2.29. The third-order valence-corrected chi connectivity index (χ3v) is 7.37. The molecule has 3 nitrogen and oxygen atoms in total. The molecule has 1 aliphatic heterocycles. The first-order chi connectivity index (χ1) is 10.6. The van der Waals surface area contributed by atoms with Gasteiger partial charge in [-0.2, -0.15) is 4.31 Å². The summed E-state index contributed by atoms with van der Waals surface area (Å²) in [6.45, 7) is 1.12. The molecule has 1 aromatic carbocycles. The van der Waals surface area contributed by atoms with Crippen molar-refractivity contribution < 1.29 is 12.8 Å². The molecule has 0 aliphatic carbocycles. The van der Waals surface area contributed by atoms with E-state index in [9.17, 15) is 12.8 Å². The van der Waals surface area contributed by atoms with Crippen molar-refractivity contribution >= 4 is 21.4 Å². The van der Waals surface area contributed by atoms with Crippen LogP contribution >= 0.6 is 11.3 Å². The van der Waals surface area contributed by atoms with Crippen molar-refractivity contribution in [3.63, 3.8) is 0 Å². The van der Waals surface area contributed by atoms with E-state index in [0.717, 1.165) is 24.8 Å². The lowest BCUT2D eigenvalue weighted by Gasteiger charge is -2.30. The highest BCUT2D eigenvalue weighted by atomic mass is 32.2. The van der Waals surface area contributed by atoms with E-state index in [0.29, 0.717) is 23.2 Å². The van der Waals surface area contributed by atoms with Gasteiger partial charge in [-0.25, -0.2) is 12.8 Å². The van der Waals surface area contributed by atoms with Crippen LogP contribution in [0.15, 0.2) is 46.0 Å². The molecule has 0 bridgehead atoms. The number of thiophene rings is 1. The molecule has 2 aromatic rings. The van der Waals surface area contributed by atoms with Crippen LogP contribution in [-0.2, 0) is 16.4 Å². The molecule has 3 rings (SSSR count). The van der Waals surface area contributed by atoms with Gasteiger partial charge in [0.1, 0.15) is 10.0 Å². The number of hydrogen-bond acceptors (Lipinski definition) is 3. The van der Waals surface area contributed by atoms with E-state index < -0.39 is 10.0 Å². The second kappa shape index (κ2) is 6.48. The van der Waals surface area contributed by atoms with Crippen molar-refractivity contribution in [2.75, 3.05) is 13.1 Å². The van der Waals surface area contributed by atoms with Gasteiger partial charge in [0.2, 0.25) is 0 Å². The lowest BCUT2D eigenvalue weighted by molar-refractivity contribution is 0.273. The van der Waals surface area contributed by atoms with Gasteiger partial charge in [-0.15, -0.1) is 11.3 Å². The summed E-state index contributed by atoms with van der Waals surface area (Å²) in [5.41, 5.74) is 1.11. The van der Waals surface area contributed by atoms with Crippen molar-refractivity contribution in [3.8, 4) is 0 Å². The molecule has 2 heterocycles. The molecular weight excluding hydrogens is 321 g/mol. The first kappa shape index (κ1) is 15.6. The van der Waals surface area contributed by atoms with E-state index in [4.69, 9.17) is 0 Å². The topological polar surface area (TPSA) is 37.4 Å². The van der Waals surface area contributed by atoms with Crippen molar-refractivity contribution in [1.82, 2.24) is 4.31 Å². The molecule has 0 spiro atoms. The number of rotatable bonds is 4. The number of nitrogens with zero attached hydrogens (tertiary/aromatic N) is 1. The Hall–Kier alpha value is -1.24. The van der Waals surface area contributed by atoms with Crippen LogP contribution in [0.1, 0.15) is 18.4 Å². The first-order valence-electron chi connectivity index (χ1n) is 7.34. The predicted molar refractivity (Wildman–Crippen MR) is 85.9 cm³/mol. The highest BCUT2D eigenvalue weighted by molar-refractivity contribution is 7.91. The number of halogens is 1. The monoisotopic (exact) mass is 339 g/mol. The van der Waals surface area contributed by atoms with Crippen molar-refractivity contribution in [2.45, 2.75) is 23.5 Å². The molecule has 0 atom stereocenters. The van der Waals surface area contributed by atoms with E-state index in [1.165, 1.54) is 23.5 Å². The predicted octanol–water partition coefficient (Wildman–Crippen LogP) is 3.53. The summed E-state index contributed by atoms with van der Waals surface area (Å²) in [5, 5.41) is 1.79. The SMILES string of the molecule is O=S(=O)(c1cccs1)N1CCC(Cc2ccc(F)cc2)CC1. The van der Waals surface area contributed by atoms with Gasteiger partial charge in [0.25, 0.3) is 10.0 Å². The summed E-state index contributed by atoms with van der Waals surface area (Å²) >= 11 is 1.26. The fourth-order valence-corrected chi connectivity index (χ4v) is 5.46. The van der Waals surface area contributed by atoms with Gasteiger partial charge in [-0.1, -0.05) is 18.2 Å². The van der Waals surface area contributed by atoms with Gasteiger partial charge in [-0.05, 0) is 54.3 Å². The highest BCUT2D eigenvalue weighted by Crippen LogP contribution is 2.27. The lowest BCUT2D eigenvalue weighted by atomic mass is 9.91. The lowest BCUT2D eigenvalue weighted by Crippen LogP contribution is -2.38. The molecule has 0 saturated carbocycles. The quantitative estimate of drug-likeness (QED) is 0.854. The number of sulfonamides is 1. The van der Waals surface area contributed by atoms with Crippen LogP contribution in [0.25, 0.3) is 0 Å². The Morgan fingerprint density at radius 1 is 1.14 bits per heavy atom. The Kier molecular flexibility index (Phi) is 4.61. The average Bonchev–Trinajstić information content (AvgIpc) is 3.05. The van der Waals surface area contributed by atoms with Crippen LogP contribution in [0.2, 0.25) is 0 Å². The summed E-state index contributed by atoms with van der Waals surface area (Å²) in [7, 11) is -3.32. The Balaban J connectivity index is 1.60. The van der Waals surface area contributed by atoms with Crippen LogP contribution < -0.4 is 0 Å². The van der Waals surface area contributed by atoms with Gasteiger partial charge >= 0.3 is 0 Å². The van der Waals surface area contributed by atoms with Gasteiger partial charge in [0.05, 0.1) is 0 Å². The molecule has 1 aromatic heterocycles. The summed E-state index contributed by atoms with van der Waals surface area (Å²) in [6, 6.07) is 10.00. The first-order valence-corrected chi connectivity index (χ1v) is 9.66. The Bertz CT molecular complexity index is 703. The third-order valence-electron chi connectivity index (χ3n) is 4.10. The molecule has 0 radical (unpaired) electrons. The normalized spacial score (nSPS) is 17.7. The largest absolute Gasteiger partial charge is 0.252 e. The minimum atomic E-state index is -3.32. The second-order valence-electron chi connectivity index (χ2n) is 5.61. The molecule has 0 unspecified atom stereocenters. The molecule has 0 N–H and O–H groups in total. The summed E-state index contributed by atoms with van der Waals surface area (Å²) in [6.07, 6.45) is 2.58. The summed E-state index contributed by atoms with van der Waals surface area (Å²) in [5.74, 6) is 0.237. The molecule has 1 aliphatic rings. The number of benzene rings is 1. The standard InChI is InChI=1S/C16H18FNO2S2/c17-15-5-3-13(4-6-15)12-14-7-9-18(10-8-14)22(19,20)16-2-1-11-21-16/h1-6,11,14H,7-10,12H2. The minimum absolute atomic E-state index is 0.222. The zero-order valence-corrected chi connectivity index (χ0v) is 13.7. The minimum Gasteiger partial charge on any atom is -0.207 e. The molecule has 118 valence electrons. The summed E-state index contributed by atoms with van der Waals surface area (Å²) < 4.78 is 39.8. The Morgan fingerprint density at radius 2 is 1.82 bits per heavy atom. The molecule has 0 amide bonds. The molecule has 1 fully saturated rings. The van der Waals surface area contributed by atoms with Gasteiger partial charge in [0.15, 0.2) is 0 Å². The van der Waals surface area contributed by atoms with Crippen LogP contribution in [0.5, 0.6) is 0 Å². The number of hydrogen-bond donors (Lipinski definition) is 0. The maximum Gasteiger partial charge on any atom is 0.252 e. The molecule has 1 saturated heterocycles. The van der Waals surface area contributed by atoms with Crippen molar-refractivity contribution in [3.05, 3.63) is 53.2 Å². The fourth-order valence-electron chi connectivity index (χ4n) is 2.85.